The van der Waals surface area contributed by atoms with Gasteiger partial charge in [-0.2, -0.15) is 0 Å². The third-order valence-electron chi connectivity index (χ3n) is 8.07. The number of carbonyl (C=O) groups excluding carboxylic acids is 2. The fraction of sp³-hybridized carbons (Fsp3) is 0.933. The van der Waals surface area contributed by atoms with Crippen LogP contribution in [0.25, 0.3) is 0 Å². The second-order valence-electron chi connectivity index (χ2n) is 10.8. The summed E-state index contributed by atoms with van der Waals surface area (Å²) in [5, 5.41) is 0. The second kappa shape index (κ2) is 19.2. The van der Waals surface area contributed by atoms with Crippen LogP contribution < -0.4 is 0 Å². The molecule has 0 aromatic rings. The number of rotatable bonds is 19. The van der Waals surface area contributed by atoms with Gasteiger partial charge >= 0.3 is 11.9 Å². The van der Waals surface area contributed by atoms with E-state index in [9.17, 15) is 9.59 Å². The van der Waals surface area contributed by atoms with E-state index in [0.29, 0.717) is 37.4 Å². The molecule has 0 bridgehead atoms. The smallest absolute Gasteiger partial charge is 0.309 e. The Balaban J connectivity index is 2.70. The molecule has 0 radical (unpaired) electrons. The average Bonchev–Trinajstić information content (AvgIpc) is 2.86. The Morgan fingerprint density at radius 2 is 1.26 bits per heavy atom. The Bertz CT molecular complexity index is 532. The van der Waals surface area contributed by atoms with Crippen LogP contribution in [0.1, 0.15) is 137 Å². The molecule has 0 spiro atoms. The van der Waals surface area contributed by atoms with E-state index in [-0.39, 0.29) is 23.8 Å². The minimum Gasteiger partial charge on any atom is -0.465 e. The van der Waals surface area contributed by atoms with Crippen molar-refractivity contribution in [3.05, 3.63) is 0 Å². The SMILES string of the molecule is CCCCCCC1CCC(C(=O)OCC(CC)CCCC)CC1C(=O)OCC(CC)CCCC. The van der Waals surface area contributed by atoms with Gasteiger partial charge in [-0.05, 0) is 56.3 Å². The molecule has 0 aliphatic heterocycles. The van der Waals surface area contributed by atoms with Crippen molar-refractivity contribution in [2.75, 3.05) is 13.2 Å². The highest BCUT2D eigenvalue weighted by Crippen LogP contribution is 2.38. The zero-order chi connectivity index (χ0) is 25.2. The molecule has 34 heavy (non-hydrogen) atoms. The lowest BCUT2D eigenvalue weighted by molar-refractivity contribution is -0.159. The third kappa shape index (κ3) is 12.1. The van der Waals surface area contributed by atoms with Crippen molar-refractivity contribution >= 4 is 11.9 Å². The molecular formula is C30H56O4. The van der Waals surface area contributed by atoms with Crippen molar-refractivity contribution in [1.29, 1.82) is 0 Å². The van der Waals surface area contributed by atoms with E-state index in [2.05, 4.69) is 34.6 Å². The summed E-state index contributed by atoms with van der Waals surface area (Å²) in [5.74, 6) is 0.777. The summed E-state index contributed by atoms with van der Waals surface area (Å²) in [6.45, 7) is 12.0. The minimum atomic E-state index is -0.157. The summed E-state index contributed by atoms with van der Waals surface area (Å²) in [6.07, 6.45) is 17.4. The molecule has 200 valence electrons. The van der Waals surface area contributed by atoms with E-state index in [1.54, 1.807) is 0 Å². The van der Waals surface area contributed by atoms with E-state index in [0.717, 1.165) is 44.9 Å². The van der Waals surface area contributed by atoms with Crippen LogP contribution in [-0.4, -0.2) is 25.2 Å². The van der Waals surface area contributed by atoms with Crippen molar-refractivity contribution in [3.63, 3.8) is 0 Å². The molecule has 0 heterocycles. The van der Waals surface area contributed by atoms with Crippen LogP contribution in [0, 0.1) is 29.6 Å². The lowest BCUT2D eigenvalue weighted by Crippen LogP contribution is -2.36. The van der Waals surface area contributed by atoms with Gasteiger partial charge in [-0.25, -0.2) is 0 Å². The van der Waals surface area contributed by atoms with Crippen LogP contribution in [0.15, 0.2) is 0 Å². The van der Waals surface area contributed by atoms with Crippen molar-refractivity contribution in [1.82, 2.24) is 0 Å². The summed E-state index contributed by atoms with van der Waals surface area (Å²) in [7, 11) is 0. The van der Waals surface area contributed by atoms with Gasteiger partial charge in [0, 0.05) is 0 Å². The first-order valence-corrected chi connectivity index (χ1v) is 14.8. The van der Waals surface area contributed by atoms with Crippen molar-refractivity contribution in [2.24, 2.45) is 29.6 Å². The molecule has 5 atom stereocenters. The standard InChI is InChI=1S/C30H56O4/c1-6-11-14-15-18-26-19-20-27(29(31)33-22-24(9-4)16-12-7-2)21-28(26)30(32)34-23-25(10-5)17-13-8-3/h24-28H,6-23H2,1-5H3. The zero-order valence-corrected chi connectivity index (χ0v) is 23.2. The van der Waals surface area contributed by atoms with Crippen molar-refractivity contribution in [3.8, 4) is 0 Å². The largest absolute Gasteiger partial charge is 0.465 e. The van der Waals surface area contributed by atoms with Gasteiger partial charge in [0.1, 0.15) is 0 Å². The predicted octanol–water partition coefficient (Wildman–Crippen LogP) is 8.51. The van der Waals surface area contributed by atoms with E-state index < -0.39 is 0 Å². The first kappa shape index (κ1) is 31.0. The Morgan fingerprint density at radius 1 is 0.706 bits per heavy atom. The molecule has 0 aromatic heterocycles. The molecule has 0 aromatic carbocycles. The lowest BCUT2D eigenvalue weighted by Gasteiger charge is -2.34. The Labute approximate surface area is 211 Å². The zero-order valence-electron chi connectivity index (χ0n) is 23.2. The van der Waals surface area contributed by atoms with Crippen LogP contribution >= 0.6 is 0 Å². The van der Waals surface area contributed by atoms with Gasteiger partial charge in [-0.3, -0.25) is 9.59 Å². The quantitative estimate of drug-likeness (QED) is 0.137. The van der Waals surface area contributed by atoms with Gasteiger partial charge in [0.25, 0.3) is 0 Å². The monoisotopic (exact) mass is 480 g/mol. The molecule has 0 amide bonds. The maximum Gasteiger partial charge on any atom is 0.309 e. The maximum absolute atomic E-state index is 13.2. The molecule has 0 saturated heterocycles. The highest BCUT2D eigenvalue weighted by Gasteiger charge is 2.39. The second-order valence-corrected chi connectivity index (χ2v) is 10.8. The van der Waals surface area contributed by atoms with Gasteiger partial charge in [0.05, 0.1) is 25.0 Å². The number of ether oxygens (including phenoxy) is 2. The topological polar surface area (TPSA) is 52.6 Å². The normalized spacial score (nSPS) is 22.2. The molecule has 1 fully saturated rings. The minimum absolute atomic E-state index is 0.0673. The number of hydrogen-bond acceptors (Lipinski definition) is 4. The van der Waals surface area contributed by atoms with Gasteiger partial charge in [0.15, 0.2) is 0 Å². The fourth-order valence-electron chi connectivity index (χ4n) is 5.34. The van der Waals surface area contributed by atoms with Gasteiger partial charge in [-0.15, -0.1) is 0 Å². The molecular weight excluding hydrogens is 424 g/mol. The fourth-order valence-corrected chi connectivity index (χ4v) is 5.34. The number of unbranched alkanes of at least 4 members (excludes halogenated alkanes) is 5. The predicted molar refractivity (Wildman–Crippen MR) is 142 cm³/mol. The lowest BCUT2D eigenvalue weighted by atomic mass is 9.72. The number of esters is 2. The Kier molecular flexibility index (Phi) is 17.5. The van der Waals surface area contributed by atoms with Crippen LogP contribution in [0.3, 0.4) is 0 Å². The Hall–Kier alpha value is -1.06. The molecule has 4 heteroatoms. The van der Waals surface area contributed by atoms with E-state index >= 15 is 0 Å². The summed E-state index contributed by atoms with van der Waals surface area (Å²) >= 11 is 0. The number of hydrogen-bond donors (Lipinski definition) is 0. The van der Waals surface area contributed by atoms with Crippen LogP contribution in [0.5, 0.6) is 0 Å². The molecule has 4 nitrogen and oxygen atoms in total. The molecule has 1 aliphatic carbocycles. The molecule has 1 saturated carbocycles. The highest BCUT2D eigenvalue weighted by molar-refractivity contribution is 5.77. The summed E-state index contributed by atoms with van der Waals surface area (Å²) < 4.78 is 11.7. The van der Waals surface area contributed by atoms with Gasteiger partial charge in [0.2, 0.25) is 0 Å². The van der Waals surface area contributed by atoms with Crippen LogP contribution in [0.4, 0.5) is 0 Å². The van der Waals surface area contributed by atoms with Crippen molar-refractivity contribution < 1.29 is 19.1 Å². The first-order valence-electron chi connectivity index (χ1n) is 14.8. The van der Waals surface area contributed by atoms with Gasteiger partial charge < -0.3 is 9.47 Å². The third-order valence-corrected chi connectivity index (χ3v) is 8.07. The maximum atomic E-state index is 13.2. The van der Waals surface area contributed by atoms with E-state index in [1.165, 1.54) is 51.4 Å². The number of carbonyl (C=O) groups is 2. The Morgan fingerprint density at radius 3 is 1.79 bits per heavy atom. The summed E-state index contributed by atoms with van der Waals surface area (Å²) in [6, 6.07) is 0. The molecule has 5 unspecified atom stereocenters. The van der Waals surface area contributed by atoms with E-state index in [4.69, 9.17) is 9.47 Å². The molecule has 0 N–H and O–H groups in total. The molecule has 1 aliphatic rings. The van der Waals surface area contributed by atoms with Crippen LogP contribution in [-0.2, 0) is 19.1 Å². The summed E-state index contributed by atoms with van der Waals surface area (Å²) in [5.41, 5.74) is 0. The van der Waals surface area contributed by atoms with E-state index in [1.807, 2.05) is 0 Å². The summed E-state index contributed by atoms with van der Waals surface area (Å²) in [4.78, 5) is 26.1. The molecule has 1 rings (SSSR count). The van der Waals surface area contributed by atoms with Crippen molar-refractivity contribution in [2.45, 2.75) is 137 Å². The first-order chi connectivity index (χ1) is 16.5. The van der Waals surface area contributed by atoms with Crippen LogP contribution in [0.2, 0.25) is 0 Å². The van der Waals surface area contributed by atoms with Gasteiger partial charge in [-0.1, -0.05) is 98.8 Å². The highest BCUT2D eigenvalue weighted by atomic mass is 16.5. The average molecular weight is 481 g/mol.